The smallest absolute Gasteiger partial charge is 0.0769 e. The minimum absolute atomic E-state index is 0.350. The number of thioether (sulfide) groups is 1. The van der Waals surface area contributed by atoms with Gasteiger partial charge in [0.25, 0.3) is 0 Å². The summed E-state index contributed by atoms with van der Waals surface area (Å²) in [5.74, 6) is 0.406. The van der Waals surface area contributed by atoms with E-state index in [1.165, 1.54) is 27.3 Å². The van der Waals surface area contributed by atoms with Gasteiger partial charge in [-0.2, -0.15) is 0 Å². The average Bonchev–Trinajstić information content (AvgIpc) is 2.85. The predicted octanol–water partition coefficient (Wildman–Crippen LogP) is 6.87. The first kappa shape index (κ1) is 16.2. The van der Waals surface area contributed by atoms with E-state index in [0.29, 0.717) is 11.2 Å². The summed E-state index contributed by atoms with van der Waals surface area (Å²) >= 11 is 8.08. The van der Waals surface area contributed by atoms with Crippen molar-refractivity contribution in [2.24, 2.45) is 10.9 Å². The molecule has 0 saturated carbocycles. The third kappa shape index (κ3) is 2.78. The van der Waals surface area contributed by atoms with Gasteiger partial charge in [0.15, 0.2) is 0 Å². The zero-order valence-corrected chi connectivity index (χ0v) is 15.8. The molecule has 0 radical (unpaired) electrons. The van der Waals surface area contributed by atoms with Crippen molar-refractivity contribution < 1.29 is 0 Å². The molecule has 3 aromatic rings. The largest absolute Gasteiger partial charge is 0.251 e. The molecule has 2 aliphatic rings. The van der Waals surface area contributed by atoms with Gasteiger partial charge in [0.2, 0.25) is 0 Å². The van der Waals surface area contributed by atoms with Gasteiger partial charge in [0, 0.05) is 21.1 Å². The normalized spacial score (nSPS) is 21.0. The van der Waals surface area contributed by atoms with E-state index in [2.05, 4.69) is 60.7 Å². The molecule has 0 spiro atoms. The predicted molar refractivity (Wildman–Crippen MR) is 111 cm³/mol. The standard InChI is InChI=1S/C23H18ClNS/c24-17-12-9-16(10-13-17)23-19-14-11-15-5-1-2-6-18(15)22(19)25-20-7-3-4-8-21(20)26-23/h1-10,12-13,19,23H,11,14H2/t19-,23+/m1/s1. The van der Waals surface area contributed by atoms with Crippen LogP contribution in [0.3, 0.4) is 0 Å². The van der Waals surface area contributed by atoms with Crippen molar-refractivity contribution in [3.8, 4) is 0 Å². The third-order valence-corrected chi connectivity index (χ3v) is 7.00. The molecule has 0 N–H and O–H groups in total. The Kier molecular flexibility index (Phi) is 4.11. The average molecular weight is 376 g/mol. The molecule has 0 aromatic heterocycles. The van der Waals surface area contributed by atoms with Crippen LogP contribution in [0.15, 0.2) is 82.7 Å². The van der Waals surface area contributed by atoms with Crippen molar-refractivity contribution in [3.05, 3.63) is 94.5 Å². The van der Waals surface area contributed by atoms with E-state index >= 15 is 0 Å². The minimum Gasteiger partial charge on any atom is -0.251 e. The lowest BCUT2D eigenvalue weighted by Crippen LogP contribution is -2.27. The van der Waals surface area contributed by atoms with E-state index in [0.717, 1.165) is 23.6 Å². The fourth-order valence-corrected chi connectivity index (χ4v) is 5.54. The number of rotatable bonds is 1. The maximum Gasteiger partial charge on any atom is 0.0769 e. The maximum absolute atomic E-state index is 6.14. The highest BCUT2D eigenvalue weighted by Crippen LogP contribution is 2.51. The van der Waals surface area contributed by atoms with Crippen LogP contribution in [0.2, 0.25) is 5.02 Å². The Morgan fingerprint density at radius 2 is 1.65 bits per heavy atom. The number of hydrogen-bond acceptors (Lipinski definition) is 2. The first-order valence-corrected chi connectivity index (χ1v) is 10.2. The van der Waals surface area contributed by atoms with Crippen LogP contribution in [0.25, 0.3) is 0 Å². The Balaban J connectivity index is 1.70. The van der Waals surface area contributed by atoms with Gasteiger partial charge in [-0.3, -0.25) is 4.99 Å². The first-order valence-electron chi connectivity index (χ1n) is 8.97. The van der Waals surface area contributed by atoms with Gasteiger partial charge in [-0.1, -0.05) is 60.1 Å². The molecule has 3 heteroatoms. The Morgan fingerprint density at radius 1 is 0.885 bits per heavy atom. The van der Waals surface area contributed by atoms with Gasteiger partial charge in [-0.15, -0.1) is 11.8 Å². The fourth-order valence-electron chi connectivity index (χ4n) is 4.02. The number of halogens is 1. The van der Waals surface area contributed by atoms with Gasteiger partial charge in [-0.25, -0.2) is 0 Å². The molecule has 128 valence electrons. The zero-order chi connectivity index (χ0) is 17.5. The summed E-state index contributed by atoms with van der Waals surface area (Å²) in [6.07, 6.45) is 2.24. The second kappa shape index (κ2) is 6.61. The van der Waals surface area contributed by atoms with E-state index in [4.69, 9.17) is 16.6 Å². The summed E-state index contributed by atoms with van der Waals surface area (Å²) in [6, 6.07) is 25.6. The summed E-state index contributed by atoms with van der Waals surface area (Å²) in [4.78, 5) is 6.42. The third-order valence-electron chi connectivity index (χ3n) is 5.29. The van der Waals surface area contributed by atoms with Gasteiger partial charge in [0.05, 0.1) is 11.4 Å². The zero-order valence-electron chi connectivity index (χ0n) is 14.2. The molecular formula is C23H18ClNS. The summed E-state index contributed by atoms with van der Waals surface area (Å²) < 4.78 is 0. The molecule has 1 heterocycles. The van der Waals surface area contributed by atoms with Crippen molar-refractivity contribution in [3.63, 3.8) is 0 Å². The molecule has 0 unspecified atom stereocenters. The van der Waals surface area contributed by atoms with Crippen molar-refractivity contribution in [2.75, 3.05) is 0 Å². The van der Waals surface area contributed by atoms with Crippen LogP contribution in [-0.4, -0.2) is 5.71 Å². The molecule has 3 aromatic carbocycles. The lowest BCUT2D eigenvalue weighted by Gasteiger charge is -2.31. The number of para-hydroxylation sites is 1. The molecule has 0 saturated heterocycles. The maximum atomic E-state index is 6.14. The molecule has 1 nitrogen and oxygen atoms in total. The van der Waals surface area contributed by atoms with Crippen LogP contribution in [0.1, 0.15) is 28.4 Å². The van der Waals surface area contributed by atoms with Gasteiger partial charge < -0.3 is 0 Å². The highest BCUT2D eigenvalue weighted by atomic mass is 35.5. The first-order chi connectivity index (χ1) is 12.8. The lowest BCUT2D eigenvalue weighted by molar-refractivity contribution is 0.597. The van der Waals surface area contributed by atoms with Crippen LogP contribution in [0, 0.1) is 5.92 Å². The quantitative estimate of drug-likeness (QED) is 0.452. The van der Waals surface area contributed by atoms with Crippen LogP contribution in [-0.2, 0) is 6.42 Å². The van der Waals surface area contributed by atoms with Crippen molar-refractivity contribution in [1.29, 1.82) is 0 Å². The van der Waals surface area contributed by atoms with Crippen molar-refractivity contribution >= 4 is 34.8 Å². The molecular weight excluding hydrogens is 358 g/mol. The number of aliphatic imine (C=N–C) groups is 1. The highest BCUT2D eigenvalue weighted by Gasteiger charge is 2.35. The molecule has 0 amide bonds. The summed E-state index contributed by atoms with van der Waals surface area (Å²) in [5, 5.41) is 1.14. The molecule has 26 heavy (non-hydrogen) atoms. The van der Waals surface area contributed by atoms with E-state index < -0.39 is 0 Å². The summed E-state index contributed by atoms with van der Waals surface area (Å²) in [5.41, 5.74) is 6.39. The highest BCUT2D eigenvalue weighted by molar-refractivity contribution is 7.99. The fraction of sp³-hybridized carbons (Fsp3) is 0.174. The lowest BCUT2D eigenvalue weighted by atomic mass is 9.78. The summed E-state index contributed by atoms with van der Waals surface area (Å²) in [7, 11) is 0. The van der Waals surface area contributed by atoms with Gasteiger partial charge in [-0.05, 0) is 53.8 Å². The topological polar surface area (TPSA) is 12.4 Å². The molecule has 5 rings (SSSR count). The SMILES string of the molecule is Clc1ccc([C@@H]2Sc3ccccc3N=C3c4ccccc4CC[C@H]32)cc1. The second-order valence-electron chi connectivity index (χ2n) is 6.86. The van der Waals surface area contributed by atoms with Gasteiger partial charge >= 0.3 is 0 Å². The second-order valence-corrected chi connectivity index (χ2v) is 8.48. The molecule has 0 bridgehead atoms. The van der Waals surface area contributed by atoms with Crippen LogP contribution >= 0.6 is 23.4 Å². The number of benzene rings is 3. The summed E-state index contributed by atoms with van der Waals surface area (Å²) in [6.45, 7) is 0. The molecule has 0 fully saturated rings. The number of nitrogens with zero attached hydrogens (tertiary/aromatic N) is 1. The van der Waals surface area contributed by atoms with Crippen LogP contribution < -0.4 is 0 Å². The number of fused-ring (bicyclic) bond motifs is 4. The number of aryl methyl sites for hydroxylation is 1. The van der Waals surface area contributed by atoms with Crippen molar-refractivity contribution in [2.45, 2.75) is 23.0 Å². The van der Waals surface area contributed by atoms with E-state index in [-0.39, 0.29) is 0 Å². The monoisotopic (exact) mass is 375 g/mol. The number of hydrogen-bond donors (Lipinski definition) is 0. The Labute approximate surface area is 163 Å². The minimum atomic E-state index is 0.350. The molecule has 1 aliphatic heterocycles. The van der Waals surface area contributed by atoms with E-state index in [9.17, 15) is 0 Å². The van der Waals surface area contributed by atoms with E-state index in [1.807, 2.05) is 23.9 Å². The Morgan fingerprint density at radius 3 is 2.54 bits per heavy atom. The molecule has 2 atom stereocenters. The Hall–Kier alpha value is -2.03. The van der Waals surface area contributed by atoms with Crippen LogP contribution in [0.4, 0.5) is 5.69 Å². The van der Waals surface area contributed by atoms with Gasteiger partial charge in [0.1, 0.15) is 0 Å². The van der Waals surface area contributed by atoms with Crippen molar-refractivity contribution in [1.82, 2.24) is 0 Å². The molecule has 1 aliphatic carbocycles. The van der Waals surface area contributed by atoms with E-state index in [1.54, 1.807) is 0 Å². The van der Waals surface area contributed by atoms with Crippen LogP contribution in [0.5, 0.6) is 0 Å². The Bertz CT molecular complexity index is 993.